The number of carboxylic acid groups (broad SMARTS) is 1. The summed E-state index contributed by atoms with van der Waals surface area (Å²) in [6.45, 7) is 13.4. The van der Waals surface area contributed by atoms with Crippen LogP contribution in [0.25, 0.3) is 11.9 Å². The summed E-state index contributed by atoms with van der Waals surface area (Å²) in [6.07, 6.45) is 3.98. The van der Waals surface area contributed by atoms with Crippen molar-refractivity contribution in [3.8, 4) is 0 Å². The van der Waals surface area contributed by atoms with Gasteiger partial charge in [0.2, 0.25) is 5.95 Å². The number of halogens is 3. The Morgan fingerprint density at radius 2 is 1.93 bits per heavy atom. The summed E-state index contributed by atoms with van der Waals surface area (Å²) in [4.78, 5) is 43.6. The largest absolute Gasteiger partial charge is 0.480 e. The molecule has 1 aliphatic carbocycles. The Bertz CT molecular complexity index is 1500. The van der Waals surface area contributed by atoms with Gasteiger partial charge >= 0.3 is 12.1 Å². The van der Waals surface area contributed by atoms with Gasteiger partial charge in [-0.15, -0.1) is 0 Å². The topological polar surface area (TPSA) is 127 Å². The number of carboxylic acids is 1. The molecule has 0 saturated heterocycles. The molecule has 3 heterocycles. The molecule has 0 radical (unpaired) electrons. The van der Waals surface area contributed by atoms with Crippen LogP contribution >= 0.6 is 23.4 Å². The molecular formula is C29H36ClF2N5O5SSi. The fourth-order valence-electron chi connectivity index (χ4n) is 4.71. The number of hydrogen-bond donors (Lipinski definition) is 1. The molecule has 1 N–H and O–H groups in total. The van der Waals surface area contributed by atoms with E-state index >= 15 is 8.78 Å². The summed E-state index contributed by atoms with van der Waals surface area (Å²) in [7, 11) is -1.45. The van der Waals surface area contributed by atoms with Crippen LogP contribution < -0.4 is 0 Å². The predicted octanol–water partition coefficient (Wildman–Crippen LogP) is 6.84. The van der Waals surface area contributed by atoms with E-state index in [-0.39, 0.29) is 40.3 Å². The third-order valence-electron chi connectivity index (χ3n) is 7.18. The molecule has 238 valence electrons. The van der Waals surface area contributed by atoms with E-state index in [9.17, 15) is 14.7 Å². The van der Waals surface area contributed by atoms with Gasteiger partial charge in [-0.1, -0.05) is 43.0 Å². The van der Waals surface area contributed by atoms with Crippen molar-refractivity contribution in [1.82, 2.24) is 19.9 Å². The zero-order valence-corrected chi connectivity index (χ0v) is 28.2. The molecule has 3 atom stereocenters. The van der Waals surface area contributed by atoms with E-state index in [2.05, 4.69) is 34.6 Å². The fraction of sp³-hybridized carbons (Fsp3) is 0.517. The van der Waals surface area contributed by atoms with E-state index in [0.29, 0.717) is 6.61 Å². The smallest absolute Gasteiger partial charge is 0.418 e. The van der Waals surface area contributed by atoms with Crippen molar-refractivity contribution in [3.63, 3.8) is 0 Å². The molecule has 1 amide bonds. The molecule has 10 nitrogen and oxygen atoms in total. The first-order valence-electron chi connectivity index (χ1n) is 14.0. The minimum Gasteiger partial charge on any atom is -0.480 e. The van der Waals surface area contributed by atoms with Crippen molar-refractivity contribution in [3.05, 3.63) is 52.6 Å². The molecule has 4 rings (SSSR count). The van der Waals surface area contributed by atoms with E-state index in [4.69, 9.17) is 26.1 Å². The predicted molar refractivity (Wildman–Crippen MR) is 168 cm³/mol. The number of aliphatic imine (C=N–C) groups is 1. The Hall–Kier alpha value is -2.94. The van der Waals surface area contributed by atoms with Crippen LogP contribution in [0.3, 0.4) is 0 Å². The van der Waals surface area contributed by atoms with Gasteiger partial charge in [-0.05, 0) is 57.9 Å². The molecule has 3 unspecified atom stereocenters. The molecule has 2 aliphatic rings. The lowest BCUT2D eigenvalue weighted by Gasteiger charge is -2.37. The van der Waals surface area contributed by atoms with Gasteiger partial charge in [-0.25, -0.2) is 29.0 Å². The van der Waals surface area contributed by atoms with E-state index in [0.717, 1.165) is 41.2 Å². The number of pyridine rings is 1. The van der Waals surface area contributed by atoms with Crippen LogP contribution in [0.5, 0.6) is 0 Å². The molecule has 1 saturated carbocycles. The number of aromatic nitrogens is 3. The van der Waals surface area contributed by atoms with Crippen molar-refractivity contribution in [2.45, 2.75) is 75.7 Å². The summed E-state index contributed by atoms with van der Waals surface area (Å²) in [6, 6.07) is 2.21. The van der Waals surface area contributed by atoms with Gasteiger partial charge in [0, 0.05) is 32.4 Å². The summed E-state index contributed by atoms with van der Waals surface area (Å²) >= 11 is 6.67. The lowest BCUT2D eigenvalue weighted by atomic mass is 9.86. The number of carbonyl (C=O) groups excluding carboxylic acids is 1. The second-order valence-corrected chi connectivity index (χ2v) is 20.5. The maximum atomic E-state index is 15.5. The van der Waals surface area contributed by atoms with Crippen molar-refractivity contribution in [1.29, 1.82) is 0 Å². The van der Waals surface area contributed by atoms with Crippen LogP contribution in [0.1, 0.15) is 50.9 Å². The van der Waals surface area contributed by atoms with Crippen LogP contribution in [0, 0.1) is 11.9 Å². The van der Waals surface area contributed by atoms with Crippen molar-refractivity contribution in [2.75, 3.05) is 13.3 Å². The van der Waals surface area contributed by atoms with E-state index in [1.165, 1.54) is 12.3 Å². The lowest BCUT2D eigenvalue weighted by Crippen LogP contribution is -2.47. The van der Waals surface area contributed by atoms with Crippen LogP contribution in [-0.2, 0) is 19.8 Å². The van der Waals surface area contributed by atoms with E-state index in [1.54, 1.807) is 27.7 Å². The van der Waals surface area contributed by atoms with Crippen molar-refractivity contribution in [2.24, 2.45) is 10.9 Å². The first kappa shape index (κ1) is 33.9. The molecule has 1 fully saturated rings. The van der Waals surface area contributed by atoms with Gasteiger partial charge in [0.05, 0.1) is 17.9 Å². The third kappa shape index (κ3) is 7.64. The Morgan fingerprint density at radius 1 is 1.23 bits per heavy atom. The number of aliphatic carboxylic acids is 1. The zero-order chi connectivity index (χ0) is 32.7. The number of amidine groups is 1. The second kappa shape index (κ2) is 12.5. The highest BCUT2D eigenvalue weighted by Gasteiger charge is 2.72. The second-order valence-electron chi connectivity index (χ2n) is 13.2. The summed E-state index contributed by atoms with van der Waals surface area (Å²) in [5.74, 6) is -3.42. The Kier molecular flexibility index (Phi) is 9.60. The molecule has 0 spiro atoms. The SMILES string of the molecule is CC(C)(C)OC(=O)N(COCC[Si](C)(C)C)C1=NC(C)(c2cc(/C=C(\F)c3cnc(Cl)cn3)cnc2F)C2CC2(C(=O)O)S1. The Labute approximate surface area is 265 Å². The fourth-order valence-corrected chi connectivity index (χ4v) is 7.07. The summed E-state index contributed by atoms with van der Waals surface area (Å²) < 4.78 is 40.6. The molecule has 2 aromatic rings. The highest BCUT2D eigenvalue weighted by Crippen LogP contribution is 2.66. The first-order chi connectivity index (χ1) is 20.3. The van der Waals surface area contributed by atoms with Crippen LogP contribution in [-0.4, -0.2) is 73.9 Å². The minimum atomic E-state index is -1.48. The number of hydrogen-bond acceptors (Lipinski definition) is 9. The van der Waals surface area contributed by atoms with Crippen LogP contribution in [0.4, 0.5) is 13.6 Å². The van der Waals surface area contributed by atoms with Gasteiger partial charge in [0.1, 0.15) is 27.9 Å². The lowest BCUT2D eigenvalue weighted by molar-refractivity contribution is -0.137. The number of amides is 1. The minimum absolute atomic E-state index is 0.0221. The van der Waals surface area contributed by atoms with E-state index in [1.807, 2.05) is 0 Å². The monoisotopic (exact) mass is 667 g/mol. The summed E-state index contributed by atoms with van der Waals surface area (Å²) in [5, 5.41) is 10.4. The molecule has 44 heavy (non-hydrogen) atoms. The maximum absolute atomic E-state index is 15.5. The third-order valence-corrected chi connectivity index (χ3v) is 10.6. The quantitative estimate of drug-likeness (QED) is 0.132. The Morgan fingerprint density at radius 3 is 2.52 bits per heavy atom. The zero-order valence-electron chi connectivity index (χ0n) is 25.7. The van der Waals surface area contributed by atoms with Gasteiger partial charge < -0.3 is 14.6 Å². The molecular weight excluding hydrogens is 632 g/mol. The van der Waals surface area contributed by atoms with Gasteiger partial charge in [0.15, 0.2) is 11.0 Å². The Balaban J connectivity index is 1.76. The first-order valence-corrected chi connectivity index (χ1v) is 18.9. The highest BCUT2D eigenvalue weighted by atomic mass is 35.5. The van der Waals surface area contributed by atoms with Gasteiger partial charge in [0.25, 0.3) is 0 Å². The average molecular weight is 668 g/mol. The molecule has 15 heteroatoms. The van der Waals surface area contributed by atoms with E-state index < -0.39 is 53.7 Å². The van der Waals surface area contributed by atoms with Gasteiger partial charge in [-0.2, -0.15) is 4.39 Å². The number of rotatable bonds is 9. The maximum Gasteiger partial charge on any atom is 0.418 e. The number of ether oxygens (including phenoxy) is 2. The van der Waals surface area contributed by atoms with Crippen molar-refractivity contribution >= 4 is 60.6 Å². The number of thioether (sulfide) groups is 1. The van der Waals surface area contributed by atoms with Crippen molar-refractivity contribution < 1.29 is 33.0 Å². The average Bonchev–Trinajstić information content (AvgIpc) is 3.66. The summed E-state index contributed by atoms with van der Waals surface area (Å²) in [5.41, 5.74) is -2.29. The molecule has 2 aromatic heterocycles. The molecule has 0 aromatic carbocycles. The normalized spacial score (nSPS) is 23.5. The molecule has 0 bridgehead atoms. The highest BCUT2D eigenvalue weighted by molar-refractivity contribution is 8.15. The number of nitrogens with zero attached hydrogens (tertiary/aromatic N) is 5. The number of fused-ring (bicyclic) bond motifs is 1. The van der Waals surface area contributed by atoms with Crippen LogP contribution in [0.15, 0.2) is 29.6 Å². The number of carbonyl (C=O) groups is 2. The molecule has 1 aliphatic heterocycles. The standard InChI is InChI=1S/C29H36ClF2N5O5SSi/c1-27(2,3)42-26(40)37(16-41-8-9-44(5,6)7)25-36-28(4,21-12-29(21,43-25)24(38)39)18-10-17(13-35-23(18)32)11-19(31)20-14-34-22(30)15-33-20/h10-11,13-15,21H,8-9,12,16H2,1-7H3,(H,38,39)/b19-11-. The van der Waals surface area contributed by atoms with Gasteiger partial charge in [-0.3, -0.25) is 9.79 Å². The van der Waals surface area contributed by atoms with Crippen LogP contribution in [0.2, 0.25) is 30.8 Å².